The van der Waals surface area contributed by atoms with Crippen LogP contribution in [0.4, 0.5) is 5.82 Å². The third-order valence-corrected chi connectivity index (χ3v) is 4.40. The van der Waals surface area contributed by atoms with Crippen LogP contribution in [0.15, 0.2) is 16.7 Å². The SMILES string of the molecule is Cc1cc(N2C3CCC2COC3)n2nc(Br)cc2n1. The number of aryl methyl sites for hydroxylation is 1. The summed E-state index contributed by atoms with van der Waals surface area (Å²) in [7, 11) is 0. The normalized spacial score (nSPS) is 26.3. The lowest BCUT2D eigenvalue weighted by Gasteiger charge is -2.36. The summed E-state index contributed by atoms with van der Waals surface area (Å²) in [5.74, 6) is 1.14. The number of aromatic nitrogens is 3. The van der Waals surface area contributed by atoms with Crippen LogP contribution in [0.5, 0.6) is 0 Å². The highest BCUT2D eigenvalue weighted by atomic mass is 79.9. The van der Waals surface area contributed by atoms with Gasteiger partial charge in [0.15, 0.2) is 5.65 Å². The van der Waals surface area contributed by atoms with Gasteiger partial charge in [-0.05, 0) is 35.7 Å². The van der Waals surface area contributed by atoms with E-state index in [1.807, 2.05) is 17.5 Å². The minimum atomic E-state index is 0.478. The minimum absolute atomic E-state index is 0.478. The molecule has 2 saturated heterocycles. The van der Waals surface area contributed by atoms with Gasteiger partial charge in [-0.1, -0.05) is 0 Å². The number of fused-ring (bicyclic) bond motifs is 3. The molecule has 2 unspecified atom stereocenters. The summed E-state index contributed by atoms with van der Waals surface area (Å²) in [6, 6.07) is 5.04. The lowest BCUT2D eigenvalue weighted by molar-refractivity contribution is 0.0900. The molecule has 6 heteroatoms. The van der Waals surface area contributed by atoms with Gasteiger partial charge in [-0.15, -0.1) is 0 Å². The van der Waals surface area contributed by atoms with Gasteiger partial charge >= 0.3 is 0 Å². The molecule has 2 fully saturated rings. The molecule has 2 aromatic heterocycles. The fourth-order valence-corrected chi connectivity index (χ4v) is 3.60. The number of halogens is 1. The van der Waals surface area contributed by atoms with E-state index in [1.165, 1.54) is 12.8 Å². The Bertz CT molecular complexity index is 625. The van der Waals surface area contributed by atoms with Crippen LogP contribution in [0.3, 0.4) is 0 Å². The smallest absolute Gasteiger partial charge is 0.158 e. The molecule has 2 aromatic rings. The van der Waals surface area contributed by atoms with Crippen molar-refractivity contribution in [3.8, 4) is 0 Å². The van der Waals surface area contributed by atoms with Crippen molar-refractivity contribution < 1.29 is 4.74 Å². The van der Waals surface area contributed by atoms with Crippen LogP contribution in [0, 0.1) is 6.92 Å². The zero-order valence-electron chi connectivity index (χ0n) is 10.7. The largest absolute Gasteiger partial charge is 0.377 e. The number of ether oxygens (including phenoxy) is 1. The Labute approximate surface area is 119 Å². The van der Waals surface area contributed by atoms with Crippen LogP contribution < -0.4 is 4.90 Å². The van der Waals surface area contributed by atoms with E-state index in [2.05, 4.69) is 37.0 Å². The van der Waals surface area contributed by atoms with Gasteiger partial charge in [0.1, 0.15) is 10.4 Å². The van der Waals surface area contributed by atoms with E-state index in [0.717, 1.165) is 35.0 Å². The summed E-state index contributed by atoms with van der Waals surface area (Å²) in [6.07, 6.45) is 2.41. The maximum atomic E-state index is 5.66. The molecular formula is C13H15BrN4O. The second-order valence-corrected chi connectivity index (χ2v) is 6.13. The standard InChI is InChI=1S/C13H15BrN4O/c1-8-4-13(18-12(15-8)5-11(14)16-18)17-9-2-3-10(17)7-19-6-9/h4-5,9-10H,2-3,6-7H2,1H3. The van der Waals surface area contributed by atoms with Gasteiger partial charge in [0.2, 0.25) is 0 Å². The second kappa shape index (κ2) is 4.18. The molecule has 19 heavy (non-hydrogen) atoms. The molecule has 0 saturated carbocycles. The summed E-state index contributed by atoms with van der Waals surface area (Å²) in [5.41, 5.74) is 1.92. The van der Waals surface area contributed by atoms with Gasteiger partial charge in [-0.25, -0.2) is 4.98 Å². The van der Waals surface area contributed by atoms with Crippen LogP contribution in [-0.2, 0) is 4.74 Å². The van der Waals surface area contributed by atoms with Crippen LogP contribution >= 0.6 is 15.9 Å². The Morgan fingerprint density at radius 3 is 2.74 bits per heavy atom. The first-order valence-electron chi connectivity index (χ1n) is 6.61. The van der Waals surface area contributed by atoms with Gasteiger partial charge in [-0.3, -0.25) is 0 Å². The minimum Gasteiger partial charge on any atom is -0.377 e. The Hall–Kier alpha value is -1.14. The van der Waals surface area contributed by atoms with Crippen LogP contribution in [0.2, 0.25) is 0 Å². The maximum absolute atomic E-state index is 5.66. The summed E-state index contributed by atoms with van der Waals surface area (Å²) in [5, 5.41) is 4.51. The monoisotopic (exact) mass is 322 g/mol. The molecule has 2 atom stereocenters. The van der Waals surface area contributed by atoms with E-state index >= 15 is 0 Å². The van der Waals surface area contributed by atoms with Gasteiger partial charge in [0.25, 0.3) is 0 Å². The quantitative estimate of drug-likeness (QED) is 0.807. The number of anilines is 1. The van der Waals surface area contributed by atoms with Crippen molar-refractivity contribution in [1.29, 1.82) is 0 Å². The van der Waals surface area contributed by atoms with Gasteiger partial charge < -0.3 is 9.64 Å². The molecule has 2 aliphatic rings. The lowest BCUT2D eigenvalue weighted by Crippen LogP contribution is -2.46. The maximum Gasteiger partial charge on any atom is 0.158 e. The Balaban J connectivity index is 1.90. The highest BCUT2D eigenvalue weighted by Crippen LogP contribution is 2.34. The molecule has 4 heterocycles. The molecule has 5 nitrogen and oxygen atoms in total. The number of morpholine rings is 1. The van der Waals surface area contributed by atoms with Crippen molar-refractivity contribution in [2.24, 2.45) is 0 Å². The van der Waals surface area contributed by atoms with E-state index < -0.39 is 0 Å². The fourth-order valence-electron chi connectivity index (χ4n) is 3.24. The van der Waals surface area contributed by atoms with Crippen molar-refractivity contribution >= 4 is 27.4 Å². The van der Waals surface area contributed by atoms with Crippen LogP contribution in [-0.4, -0.2) is 39.9 Å². The predicted octanol–water partition coefficient (Wildman–Crippen LogP) is 2.17. The second-order valence-electron chi connectivity index (χ2n) is 5.32. The number of nitrogens with zero attached hydrogens (tertiary/aromatic N) is 4. The first-order valence-corrected chi connectivity index (χ1v) is 7.41. The highest BCUT2D eigenvalue weighted by molar-refractivity contribution is 9.10. The lowest BCUT2D eigenvalue weighted by atomic mass is 10.2. The Morgan fingerprint density at radius 1 is 1.26 bits per heavy atom. The van der Waals surface area contributed by atoms with E-state index in [4.69, 9.17) is 4.74 Å². The molecular weight excluding hydrogens is 308 g/mol. The molecule has 0 aromatic carbocycles. The predicted molar refractivity (Wildman–Crippen MR) is 75.5 cm³/mol. The van der Waals surface area contributed by atoms with Crippen molar-refractivity contribution in [3.63, 3.8) is 0 Å². The highest BCUT2D eigenvalue weighted by Gasteiger charge is 2.38. The Kier molecular flexibility index (Phi) is 2.57. The van der Waals surface area contributed by atoms with Gasteiger partial charge in [0, 0.05) is 17.8 Å². The van der Waals surface area contributed by atoms with E-state index in [-0.39, 0.29) is 0 Å². The third-order valence-electron chi connectivity index (χ3n) is 4.01. The summed E-state index contributed by atoms with van der Waals surface area (Å²) >= 11 is 3.44. The zero-order chi connectivity index (χ0) is 13.0. The molecule has 0 aliphatic carbocycles. The number of rotatable bonds is 1. The topological polar surface area (TPSA) is 42.7 Å². The Morgan fingerprint density at radius 2 is 2.00 bits per heavy atom. The molecule has 0 amide bonds. The fraction of sp³-hybridized carbons (Fsp3) is 0.538. The van der Waals surface area contributed by atoms with Crippen molar-refractivity contribution in [2.75, 3.05) is 18.1 Å². The van der Waals surface area contributed by atoms with Gasteiger partial charge in [-0.2, -0.15) is 9.61 Å². The van der Waals surface area contributed by atoms with E-state index in [1.54, 1.807) is 0 Å². The average Bonchev–Trinajstić information content (AvgIpc) is 2.85. The first-order chi connectivity index (χ1) is 9.22. The van der Waals surface area contributed by atoms with E-state index in [9.17, 15) is 0 Å². The van der Waals surface area contributed by atoms with Gasteiger partial charge in [0.05, 0.1) is 25.3 Å². The summed E-state index contributed by atoms with van der Waals surface area (Å²) in [6.45, 7) is 3.68. The molecule has 0 radical (unpaired) electrons. The molecule has 4 rings (SSSR count). The van der Waals surface area contributed by atoms with Crippen molar-refractivity contribution in [1.82, 2.24) is 14.6 Å². The summed E-state index contributed by atoms with van der Waals surface area (Å²) in [4.78, 5) is 7.01. The van der Waals surface area contributed by atoms with Crippen molar-refractivity contribution in [2.45, 2.75) is 31.8 Å². The number of hydrogen-bond acceptors (Lipinski definition) is 4. The first kappa shape index (κ1) is 11.7. The molecule has 2 aliphatic heterocycles. The average molecular weight is 323 g/mol. The van der Waals surface area contributed by atoms with Crippen LogP contribution in [0.25, 0.3) is 5.65 Å². The van der Waals surface area contributed by atoms with Crippen LogP contribution in [0.1, 0.15) is 18.5 Å². The molecule has 0 spiro atoms. The molecule has 100 valence electrons. The molecule has 2 bridgehead atoms. The van der Waals surface area contributed by atoms with E-state index in [0.29, 0.717) is 12.1 Å². The molecule has 0 N–H and O–H groups in total. The third kappa shape index (κ3) is 1.77. The van der Waals surface area contributed by atoms with Crippen molar-refractivity contribution in [3.05, 3.63) is 22.4 Å². The zero-order valence-corrected chi connectivity index (χ0v) is 12.3. The summed E-state index contributed by atoms with van der Waals surface area (Å²) < 4.78 is 8.42. The number of hydrogen-bond donors (Lipinski definition) is 0.